The monoisotopic (exact) mass is 277 g/mol. The van der Waals surface area contributed by atoms with Crippen molar-refractivity contribution in [2.24, 2.45) is 4.99 Å². The summed E-state index contributed by atoms with van der Waals surface area (Å²) in [4.78, 5) is 12.2. The van der Waals surface area contributed by atoms with Gasteiger partial charge in [0.05, 0.1) is 6.20 Å². The lowest BCUT2D eigenvalue weighted by Crippen LogP contribution is -2.09. The molecule has 20 heavy (non-hydrogen) atoms. The zero-order valence-corrected chi connectivity index (χ0v) is 12.4. The molecule has 0 aliphatic heterocycles. The van der Waals surface area contributed by atoms with Crippen molar-refractivity contribution in [2.45, 2.75) is 33.6 Å². The van der Waals surface area contributed by atoms with E-state index in [2.05, 4.69) is 27.2 Å². The minimum atomic E-state index is 0.235. The van der Waals surface area contributed by atoms with Gasteiger partial charge in [0.1, 0.15) is 6.61 Å². The highest BCUT2D eigenvalue weighted by atomic mass is 16.5. The fourth-order valence-corrected chi connectivity index (χ4v) is 1.43. The summed E-state index contributed by atoms with van der Waals surface area (Å²) in [6.07, 6.45) is 7.26. The summed E-state index contributed by atoms with van der Waals surface area (Å²) >= 11 is 0. The highest BCUT2D eigenvalue weighted by Crippen LogP contribution is 2.22. The number of nitrogens with zero attached hydrogens (tertiary/aromatic N) is 3. The lowest BCUT2D eigenvalue weighted by Gasteiger charge is -2.12. The van der Waals surface area contributed by atoms with Gasteiger partial charge in [-0.1, -0.05) is 13.3 Å². The molecular formula is C14H23N5O. The van der Waals surface area contributed by atoms with Crippen LogP contribution in [0.15, 0.2) is 23.0 Å². The maximum atomic E-state index is 5.70. The van der Waals surface area contributed by atoms with Crippen LogP contribution < -0.4 is 15.8 Å². The molecule has 1 aromatic rings. The lowest BCUT2D eigenvalue weighted by molar-refractivity contribution is 0.350. The van der Waals surface area contributed by atoms with E-state index in [1.54, 1.807) is 18.6 Å². The molecule has 0 saturated carbocycles. The van der Waals surface area contributed by atoms with E-state index in [1.807, 2.05) is 13.8 Å². The van der Waals surface area contributed by atoms with Crippen LogP contribution in [-0.4, -0.2) is 29.3 Å². The Morgan fingerprint density at radius 1 is 1.55 bits per heavy atom. The third-order valence-corrected chi connectivity index (χ3v) is 2.50. The summed E-state index contributed by atoms with van der Waals surface area (Å²) in [6.45, 7) is 7.23. The Kier molecular flexibility index (Phi) is 7.10. The fraction of sp³-hybridized carbons (Fsp3) is 0.500. The Labute approximate surface area is 120 Å². The molecule has 0 saturated heterocycles. The molecule has 0 atom stereocenters. The molecule has 0 aliphatic rings. The van der Waals surface area contributed by atoms with Gasteiger partial charge in [0.25, 0.3) is 0 Å². The van der Waals surface area contributed by atoms with E-state index in [-0.39, 0.29) is 5.95 Å². The number of rotatable bonds is 8. The Morgan fingerprint density at radius 3 is 3.05 bits per heavy atom. The third-order valence-electron chi connectivity index (χ3n) is 2.50. The van der Waals surface area contributed by atoms with Gasteiger partial charge < -0.3 is 15.8 Å². The summed E-state index contributed by atoms with van der Waals surface area (Å²) in [5.74, 6) is 1.47. The van der Waals surface area contributed by atoms with Crippen LogP contribution in [0.4, 0.5) is 11.8 Å². The second-order valence-electron chi connectivity index (χ2n) is 4.39. The van der Waals surface area contributed by atoms with Gasteiger partial charge in [-0.2, -0.15) is 4.98 Å². The number of nitrogens with one attached hydrogen (secondary N) is 1. The van der Waals surface area contributed by atoms with Crippen LogP contribution in [0.3, 0.4) is 0 Å². The summed E-state index contributed by atoms with van der Waals surface area (Å²) in [5, 5.41) is 3.22. The van der Waals surface area contributed by atoms with Crippen LogP contribution >= 0.6 is 0 Å². The molecule has 0 spiro atoms. The molecule has 0 amide bonds. The molecule has 3 N–H and O–H groups in total. The lowest BCUT2D eigenvalue weighted by atomic mass is 10.3. The molecule has 6 heteroatoms. The summed E-state index contributed by atoms with van der Waals surface area (Å²) < 4.78 is 5.70. The van der Waals surface area contributed by atoms with Gasteiger partial charge in [-0.25, -0.2) is 4.98 Å². The highest BCUT2D eigenvalue weighted by Gasteiger charge is 2.07. The zero-order valence-electron chi connectivity index (χ0n) is 12.4. The van der Waals surface area contributed by atoms with Crippen LogP contribution in [0.2, 0.25) is 0 Å². The van der Waals surface area contributed by atoms with Crippen LogP contribution in [0.5, 0.6) is 5.75 Å². The Balaban J connectivity index is 2.68. The Hall–Kier alpha value is -2.11. The van der Waals surface area contributed by atoms with Gasteiger partial charge in [-0.3, -0.25) is 4.99 Å². The first-order valence-corrected chi connectivity index (χ1v) is 6.80. The van der Waals surface area contributed by atoms with Crippen LogP contribution in [0.1, 0.15) is 33.6 Å². The number of anilines is 2. The van der Waals surface area contributed by atoms with Crippen molar-refractivity contribution in [3.63, 3.8) is 0 Å². The van der Waals surface area contributed by atoms with Crippen molar-refractivity contribution in [1.82, 2.24) is 9.97 Å². The summed E-state index contributed by atoms with van der Waals surface area (Å²) in [5.41, 5.74) is 6.62. The third kappa shape index (κ3) is 5.69. The van der Waals surface area contributed by atoms with Crippen molar-refractivity contribution >= 4 is 18.0 Å². The second kappa shape index (κ2) is 8.90. The maximum absolute atomic E-state index is 5.70. The van der Waals surface area contributed by atoms with E-state index in [0.717, 1.165) is 25.0 Å². The first kappa shape index (κ1) is 15.9. The normalized spacial score (nSPS) is 11.8. The number of hydrogen-bond donors (Lipinski definition) is 2. The largest absolute Gasteiger partial charge is 0.484 e. The number of aliphatic imine (C=N–C) groups is 1. The number of ether oxygens (including phenoxy) is 1. The minimum Gasteiger partial charge on any atom is -0.484 e. The van der Waals surface area contributed by atoms with Gasteiger partial charge in [0.15, 0.2) is 11.6 Å². The van der Waals surface area contributed by atoms with E-state index < -0.39 is 0 Å². The van der Waals surface area contributed by atoms with E-state index in [4.69, 9.17) is 10.5 Å². The zero-order chi connectivity index (χ0) is 14.8. The van der Waals surface area contributed by atoms with Crippen molar-refractivity contribution in [2.75, 3.05) is 24.2 Å². The second-order valence-corrected chi connectivity index (χ2v) is 4.39. The van der Waals surface area contributed by atoms with Crippen LogP contribution in [0.25, 0.3) is 0 Å². The SMILES string of the molecule is CC=N/C=C(\C)COc1cnc(N)nc1NCCCC. The fourth-order valence-electron chi connectivity index (χ4n) is 1.43. The maximum Gasteiger partial charge on any atom is 0.222 e. The Bertz CT molecular complexity index is 471. The number of hydrogen-bond acceptors (Lipinski definition) is 6. The van der Waals surface area contributed by atoms with Gasteiger partial charge in [0.2, 0.25) is 5.95 Å². The summed E-state index contributed by atoms with van der Waals surface area (Å²) in [7, 11) is 0. The van der Waals surface area contributed by atoms with Crippen LogP contribution in [-0.2, 0) is 0 Å². The van der Waals surface area contributed by atoms with Crippen LogP contribution in [0, 0.1) is 0 Å². The number of aromatic nitrogens is 2. The quantitative estimate of drug-likeness (QED) is 0.563. The first-order chi connectivity index (χ1) is 9.67. The molecule has 1 heterocycles. The number of nitrogen functional groups attached to an aromatic ring is 1. The van der Waals surface area contributed by atoms with E-state index in [1.165, 1.54) is 0 Å². The molecule has 6 nitrogen and oxygen atoms in total. The average Bonchev–Trinajstić information content (AvgIpc) is 2.44. The first-order valence-electron chi connectivity index (χ1n) is 6.80. The van der Waals surface area contributed by atoms with E-state index >= 15 is 0 Å². The number of nitrogens with two attached hydrogens (primary N) is 1. The average molecular weight is 277 g/mol. The molecule has 110 valence electrons. The smallest absolute Gasteiger partial charge is 0.222 e. The Morgan fingerprint density at radius 2 is 2.35 bits per heavy atom. The van der Waals surface area contributed by atoms with E-state index in [9.17, 15) is 0 Å². The van der Waals surface area contributed by atoms with Gasteiger partial charge in [-0.15, -0.1) is 0 Å². The molecule has 1 aromatic heterocycles. The predicted molar refractivity (Wildman–Crippen MR) is 83.3 cm³/mol. The minimum absolute atomic E-state index is 0.235. The highest BCUT2D eigenvalue weighted by molar-refractivity contribution is 5.54. The van der Waals surface area contributed by atoms with E-state index in [0.29, 0.717) is 18.2 Å². The van der Waals surface area contributed by atoms with Gasteiger partial charge in [0, 0.05) is 19.0 Å². The molecule has 0 aromatic carbocycles. The topological polar surface area (TPSA) is 85.4 Å². The van der Waals surface area contributed by atoms with Crippen molar-refractivity contribution in [3.8, 4) is 5.75 Å². The summed E-state index contributed by atoms with van der Waals surface area (Å²) in [6, 6.07) is 0. The predicted octanol–water partition coefficient (Wildman–Crippen LogP) is 2.64. The molecule has 0 aliphatic carbocycles. The molecule has 0 unspecified atom stereocenters. The number of unbranched alkanes of at least 4 members (excludes halogenated alkanes) is 1. The molecule has 0 radical (unpaired) electrons. The molecule has 0 bridgehead atoms. The molecular weight excluding hydrogens is 254 g/mol. The molecule has 0 fully saturated rings. The van der Waals surface area contributed by atoms with Crippen molar-refractivity contribution < 1.29 is 4.74 Å². The van der Waals surface area contributed by atoms with Gasteiger partial charge in [-0.05, 0) is 25.8 Å². The molecule has 1 rings (SSSR count). The standard InChI is InChI=1S/C14H23N5O/c1-4-6-7-17-13-12(9-18-14(15)19-13)20-10-11(3)8-16-5-2/h5,8-9H,4,6-7,10H2,1-3H3,(H3,15,17,18,19)/b11-8+,16-5?. The van der Waals surface area contributed by atoms with Crippen molar-refractivity contribution in [3.05, 3.63) is 18.0 Å². The van der Waals surface area contributed by atoms with Gasteiger partial charge >= 0.3 is 0 Å². The van der Waals surface area contributed by atoms with Crippen molar-refractivity contribution in [1.29, 1.82) is 0 Å².